The summed E-state index contributed by atoms with van der Waals surface area (Å²) in [6, 6.07) is 19.9. The van der Waals surface area contributed by atoms with Gasteiger partial charge in [0.05, 0.1) is 17.4 Å². The molecule has 166 valence electrons. The molecule has 0 aliphatic carbocycles. The maximum absolute atomic E-state index is 10.6. The van der Waals surface area contributed by atoms with Crippen molar-refractivity contribution in [3.63, 3.8) is 0 Å². The lowest BCUT2D eigenvalue weighted by atomic mass is 10.0. The summed E-state index contributed by atoms with van der Waals surface area (Å²) in [6.07, 6.45) is 1.74. The lowest BCUT2D eigenvalue weighted by Crippen LogP contribution is -2.29. The number of anilines is 1. The molecule has 0 bridgehead atoms. The van der Waals surface area contributed by atoms with Gasteiger partial charge in [-0.15, -0.1) is 0 Å². The second-order valence-corrected chi connectivity index (χ2v) is 9.49. The molecular weight excluding hydrogens is 522 g/mol. The van der Waals surface area contributed by atoms with Gasteiger partial charge in [-0.1, -0.05) is 39.7 Å². The van der Waals surface area contributed by atoms with E-state index >= 15 is 0 Å². The summed E-state index contributed by atoms with van der Waals surface area (Å²) in [4.78, 5) is 6.38. The summed E-state index contributed by atoms with van der Waals surface area (Å²) in [5.41, 5.74) is 3.41. The zero-order chi connectivity index (χ0) is 23.1. The highest BCUT2D eigenvalue weighted by Gasteiger charge is 2.43. The fourth-order valence-corrected chi connectivity index (χ4v) is 5.26. The van der Waals surface area contributed by atoms with Crippen molar-refractivity contribution >= 4 is 50.5 Å². The highest BCUT2D eigenvalue weighted by Crippen LogP contribution is 2.46. The largest absolute Gasteiger partial charge is 0.506 e. The van der Waals surface area contributed by atoms with Crippen LogP contribution in [0.3, 0.4) is 0 Å². The van der Waals surface area contributed by atoms with Crippen molar-refractivity contribution in [3.05, 3.63) is 99.4 Å². The number of hydrogen-bond donors (Lipinski definition) is 2. The molecule has 2 aromatic heterocycles. The Balaban J connectivity index is 1.63. The van der Waals surface area contributed by atoms with Crippen LogP contribution < -0.4 is 10.2 Å². The molecule has 1 aliphatic rings. The van der Waals surface area contributed by atoms with Crippen LogP contribution in [0.4, 0.5) is 5.69 Å². The third kappa shape index (κ3) is 4.12. The second kappa shape index (κ2) is 8.82. The van der Waals surface area contributed by atoms with Crippen LogP contribution in [0.2, 0.25) is 5.02 Å². The Morgan fingerprint density at radius 2 is 1.97 bits per heavy atom. The Bertz CT molecular complexity index is 1340. The third-order valence-electron chi connectivity index (χ3n) is 5.60. The van der Waals surface area contributed by atoms with E-state index in [1.165, 1.54) is 0 Å². The topological polar surface area (TPSA) is 61.5 Å². The molecule has 2 atom stereocenters. The quantitative estimate of drug-likeness (QED) is 0.273. The van der Waals surface area contributed by atoms with E-state index in [2.05, 4.69) is 32.3 Å². The molecule has 0 amide bonds. The van der Waals surface area contributed by atoms with Gasteiger partial charge in [-0.05, 0) is 79.3 Å². The molecule has 2 aromatic carbocycles. The van der Waals surface area contributed by atoms with Crippen LogP contribution in [0.25, 0.3) is 11.3 Å². The summed E-state index contributed by atoms with van der Waals surface area (Å²) in [7, 11) is 0. The second-order valence-electron chi connectivity index (χ2n) is 7.81. The molecule has 4 aromatic rings. The number of nitrogens with zero attached hydrogens (tertiary/aromatic N) is 2. The van der Waals surface area contributed by atoms with Crippen LogP contribution in [0.1, 0.15) is 29.1 Å². The van der Waals surface area contributed by atoms with Crippen molar-refractivity contribution in [2.45, 2.75) is 19.0 Å². The maximum Gasteiger partial charge on any atom is 0.174 e. The Morgan fingerprint density at radius 3 is 2.73 bits per heavy atom. The van der Waals surface area contributed by atoms with Gasteiger partial charge in [0.25, 0.3) is 0 Å². The first-order valence-electron chi connectivity index (χ1n) is 10.3. The number of hydrogen-bond acceptors (Lipinski definition) is 4. The van der Waals surface area contributed by atoms with E-state index in [0.29, 0.717) is 21.6 Å². The number of benzene rings is 2. The van der Waals surface area contributed by atoms with E-state index in [9.17, 15) is 5.11 Å². The smallest absolute Gasteiger partial charge is 0.174 e. The number of phenolic OH excluding ortho intramolecular Hbond substituents is 1. The molecule has 1 fully saturated rings. The molecule has 5 rings (SSSR count). The fourth-order valence-electron chi connectivity index (χ4n) is 4.07. The molecule has 3 heterocycles. The predicted octanol–water partition coefficient (Wildman–Crippen LogP) is 6.95. The lowest BCUT2D eigenvalue weighted by Gasteiger charge is -2.26. The molecule has 5 nitrogen and oxygen atoms in total. The van der Waals surface area contributed by atoms with Crippen molar-refractivity contribution in [3.8, 4) is 17.1 Å². The van der Waals surface area contributed by atoms with Gasteiger partial charge in [-0.2, -0.15) is 0 Å². The monoisotopic (exact) mass is 539 g/mol. The molecule has 2 N–H and O–H groups in total. The van der Waals surface area contributed by atoms with Crippen molar-refractivity contribution in [1.29, 1.82) is 0 Å². The summed E-state index contributed by atoms with van der Waals surface area (Å²) < 4.78 is 7.34. The summed E-state index contributed by atoms with van der Waals surface area (Å²) in [5.74, 6) is 1.48. The number of phenols is 1. The van der Waals surface area contributed by atoms with Crippen LogP contribution in [0.15, 0.2) is 81.8 Å². The van der Waals surface area contributed by atoms with Crippen molar-refractivity contribution in [2.75, 3.05) is 4.90 Å². The van der Waals surface area contributed by atoms with Gasteiger partial charge in [0.1, 0.15) is 23.3 Å². The number of aromatic nitrogens is 1. The number of aromatic hydroxyl groups is 1. The number of pyridine rings is 1. The summed E-state index contributed by atoms with van der Waals surface area (Å²) >= 11 is 15.6. The van der Waals surface area contributed by atoms with Crippen molar-refractivity contribution in [2.24, 2.45) is 0 Å². The SMILES string of the molecule is Cc1ccc(-c2ccc([C@H]3[C@H](c4ccccn4)NC(=S)N3c3cc(Cl)ccc3O)o2)c(Br)c1. The molecule has 1 saturated heterocycles. The zero-order valence-electron chi connectivity index (χ0n) is 17.5. The first-order chi connectivity index (χ1) is 15.9. The van der Waals surface area contributed by atoms with E-state index in [-0.39, 0.29) is 11.8 Å². The normalized spacial score (nSPS) is 17.9. The number of aryl methyl sites for hydroxylation is 1. The molecule has 0 unspecified atom stereocenters. The van der Waals surface area contributed by atoms with Gasteiger partial charge >= 0.3 is 0 Å². The molecule has 33 heavy (non-hydrogen) atoms. The number of rotatable bonds is 4. The summed E-state index contributed by atoms with van der Waals surface area (Å²) in [6.45, 7) is 2.04. The van der Waals surface area contributed by atoms with Gasteiger partial charge in [-0.3, -0.25) is 4.98 Å². The Labute approximate surface area is 210 Å². The van der Waals surface area contributed by atoms with E-state index < -0.39 is 6.04 Å². The minimum atomic E-state index is -0.394. The number of thiocarbonyl (C=S) groups is 1. The molecule has 1 aliphatic heterocycles. The Kier molecular flexibility index (Phi) is 5.86. The highest BCUT2D eigenvalue weighted by molar-refractivity contribution is 9.10. The lowest BCUT2D eigenvalue weighted by molar-refractivity contribution is 0.434. The Morgan fingerprint density at radius 1 is 1.12 bits per heavy atom. The van der Waals surface area contributed by atoms with E-state index in [1.54, 1.807) is 24.4 Å². The molecule has 0 radical (unpaired) electrons. The zero-order valence-corrected chi connectivity index (χ0v) is 20.7. The fraction of sp³-hybridized carbons (Fsp3) is 0.120. The Hall–Kier alpha value is -2.87. The van der Waals surface area contributed by atoms with Crippen LogP contribution in [0, 0.1) is 6.92 Å². The highest BCUT2D eigenvalue weighted by atomic mass is 79.9. The van der Waals surface area contributed by atoms with Gasteiger partial charge in [0.15, 0.2) is 5.11 Å². The van der Waals surface area contributed by atoms with Crippen LogP contribution in [-0.2, 0) is 0 Å². The number of halogens is 2. The van der Waals surface area contributed by atoms with Gasteiger partial charge < -0.3 is 19.7 Å². The maximum atomic E-state index is 10.6. The first-order valence-corrected chi connectivity index (χ1v) is 11.9. The number of nitrogens with one attached hydrogen (secondary N) is 1. The van der Waals surface area contributed by atoms with E-state index in [1.807, 2.05) is 54.3 Å². The summed E-state index contributed by atoms with van der Waals surface area (Å²) in [5, 5.41) is 14.9. The third-order valence-corrected chi connectivity index (χ3v) is 6.81. The van der Waals surface area contributed by atoms with Gasteiger partial charge in [-0.25, -0.2) is 0 Å². The van der Waals surface area contributed by atoms with Crippen LogP contribution >= 0.6 is 39.7 Å². The minimum absolute atomic E-state index is 0.0725. The molecule has 8 heteroatoms. The van der Waals surface area contributed by atoms with Crippen LogP contribution in [0.5, 0.6) is 5.75 Å². The molecule has 0 saturated carbocycles. The van der Waals surface area contributed by atoms with Gasteiger partial charge in [0.2, 0.25) is 0 Å². The average Bonchev–Trinajstić information content (AvgIpc) is 3.40. The first kappa shape index (κ1) is 21.9. The molecular formula is C25H19BrClN3O2S. The number of furan rings is 1. The average molecular weight is 541 g/mol. The van der Waals surface area contributed by atoms with Crippen molar-refractivity contribution < 1.29 is 9.52 Å². The van der Waals surface area contributed by atoms with E-state index in [4.69, 9.17) is 28.2 Å². The standard InChI is InChI=1S/C25H19BrClN3O2S/c1-14-5-7-16(17(26)12-14)21-9-10-22(32-21)24-23(18-4-2-3-11-28-18)29-25(33)30(24)19-13-15(27)6-8-20(19)31/h2-13,23-24,31H,1H3,(H,29,33)/t23-,24-/m0/s1. The molecule has 0 spiro atoms. The predicted molar refractivity (Wildman–Crippen MR) is 138 cm³/mol. The van der Waals surface area contributed by atoms with Crippen LogP contribution in [-0.4, -0.2) is 15.2 Å². The van der Waals surface area contributed by atoms with Gasteiger partial charge in [0, 0.05) is 21.3 Å². The van der Waals surface area contributed by atoms with Crippen molar-refractivity contribution in [1.82, 2.24) is 10.3 Å². The van der Waals surface area contributed by atoms with E-state index in [0.717, 1.165) is 27.1 Å². The minimum Gasteiger partial charge on any atom is -0.506 e.